The zero-order chi connectivity index (χ0) is 62.0. The molecular weight excluding hydrogens is 1250 g/mol. The van der Waals surface area contributed by atoms with Gasteiger partial charge in [0.1, 0.15) is 0 Å². The molecule has 12 rings (SSSR count). The number of rotatable bonds is 15. The summed E-state index contributed by atoms with van der Waals surface area (Å²) in [6.45, 7) is 10.3. The Morgan fingerprint density at radius 1 is 0.420 bits per heavy atom. The molecule has 3 saturated heterocycles. The molecule has 0 atom stereocenters. The number of imide groups is 1. The lowest BCUT2D eigenvalue weighted by Gasteiger charge is -2.28. The summed E-state index contributed by atoms with van der Waals surface area (Å²) in [6, 6.07) is 25.3. The molecule has 0 saturated carbocycles. The Bertz CT molecular complexity index is 3660. The number of thiophene rings is 3. The van der Waals surface area contributed by atoms with E-state index in [-0.39, 0.29) is 71.1 Å². The van der Waals surface area contributed by atoms with Crippen LogP contribution in [0.15, 0.2) is 91.0 Å². The van der Waals surface area contributed by atoms with Crippen molar-refractivity contribution in [3.05, 3.63) is 152 Å². The number of nitrogens with one attached hydrogen (secondary N) is 6. The topological polar surface area (TPSA) is 262 Å². The van der Waals surface area contributed by atoms with Gasteiger partial charge in [-0.3, -0.25) is 52.8 Å². The highest BCUT2D eigenvalue weighted by Gasteiger charge is 2.39. The molecule has 3 aromatic heterocycles. The van der Waals surface area contributed by atoms with Crippen molar-refractivity contribution < 1.29 is 47.9 Å². The standard InChI is InChI=1S/C20H19ClN4O4S.2C20H21ClN4O3S/c21-15-5-4-14(30-15)18(27)23-13-3-1-2-12-17(13)20(29)25(19(12)28)9-6-16(26)24-10-7-22-8-11-24;21-17-5-4-16(29-17)19(27)23-15-3-1-2-13-14(15)12-25(20(13)28)9-6-18(26)24-10-7-22-8-11-24;21-16-5-4-15(29-16)19(27)23-14-3-1-2-13-12-25(20(28)18(13)14)9-6-17(26)24-10-7-22-8-11-24/h1-5,22H,6-11H2,(H,23,27);2*1-5,22H,6-12H2,(H,23,27). The predicted molar refractivity (Wildman–Crippen MR) is 338 cm³/mol. The molecule has 3 aromatic carbocycles. The third-order valence-corrected chi connectivity index (χ3v) is 19.0. The zero-order valence-corrected chi connectivity index (χ0v) is 52.1. The van der Waals surface area contributed by atoms with Gasteiger partial charge in [0.15, 0.2) is 0 Å². The molecule has 0 radical (unpaired) electrons. The SMILES string of the molecule is O=C(Nc1cccc2c1C(=O)N(CCC(=O)N1CCNCC1)C2)c1ccc(Cl)s1.O=C(Nc1cccc2c1C(=O)N(CCC(=O)N1CCNCC1)C2=O)c1ccc(Cl)s1.O=C(Nc1cccc2c1CN(CCC(=O)N1CCNCC1)C2=O)c1ccc(Cl)s1. The highest BCUT2D eigenvalue weighted by atomic mass is 35.5. The minimum atomic E-state index is -0.511. The fourth-order valence-electron chi connectivity index (χ4n) is 10.8. The van der Waals surface area contributed by atoms with E-state index in [9.17, 15) is 47.9 Å². The van der Waals surface area contributed by atoms with Gasteiger partial charge in [0.05, 0.1) is 55.7 Å². The number of fused-ring (bicyclic) bond motifs is 3. The van der Waals surface area contributed by atoms with Gasteiger partial charge in [0, 0.05) is 147 Å². The van der Waals surface area contributed by atoms with Gasteiger partial charge in [-0.2, -0.15) is 0 Å². The number of anilines is 3. The number of nitrogens with zero attached hydrogens (tertiary/aromatic N) is 6. The van der Waals surface area contributed by atoms with Crippen molar-refractivity contribution >= 4 is 145 Å². The summed E-state index contributed by atoms with van der Waals surface area (Å²) in [5, 5.41) is 18.0. The molecule has 3 fully saturated rings. The molecule has 22 nitrogen and oxygen atoms in total. The van der Waals surface area contributed by atoms with Crippen LogP contribution in [0.25, 0.3) is 0 Å². The van der Waals surface area contributed by atoms with Crippen LogP contribution in [-0.2, 0) is 27.5 Å². The van der Waals surface area contributed by atoms with Crippen molar-refractivity contribution in [1.29, 1.82) is 0 Å². The number of hydrogen-bond acceptors (Lipinski definition) is 16. The van der Waals surface area contributed by atoms with E-state index in [4.69, 9.17) is 34.8 Å². The van der Waals surface area contributed by atoms with Crippen molar-refractivity contribution in [2.24, 2.45) is 0 Å². The number of carbonyl (C=O) groups is 10. The van der Waals surface area contributed by atoms with E-state index in [1.807, 2.05) is 21.9 Å². The average Bonchev–Trinajstić information content (AvgIpc) is 2.22. The maximum atomic E-state index is 12.9. The van der Waals surface area contributed by atoms with E-state index < -0.39 is 17.7 Å². The minimum Gasteiger partial charge on any atom is -0.340 e. The monoisotopic (exact) mass is 1310 g/mol. The van der Waals surface area contributed by atoms with Crippen molar-refractivity contribution in [2.75, 3.05) is 114 Å². The second-order valence-corrected chi connectivity index (χ2v) is 26.1. The first kappa shape index (κ1) is 63.4. The van der Waals surface area contributed by atoms with Crippen LogP contribution in [0.4, 0.5) is 17.1 Å². The number of piperazine rings is 3. The molecule has 28 heteroatoms. The molecule has 6 aliphatic rings. The third kappa shape index (κ3) is 15.1. The smallest absolute Gasteiger partial charge is 0.265 e. The Hall–Kier alpha value is -7.59. The molecule has 6 aliphatic heterocycles. The van der Waals surface area contributed by atoms with Crippen LogP contribution in [0.1, 0.15) is 101 Å². The van der Waals surface area contributed by atoms with Crippen LogP contribution >= 0.6 is 68.8 Å². The van der Waals surface area contributed by atoms with Crippen molar-refractivity contribution in [3.8, 4) is 0 Å². The Morgan fingerprint density at radius 3 is 1.27 bits per heavy atom. The fourth-order valence-corrected chi connectivity index (χ4v) is 13.6. The second kappa shape index (κ2) is 29.2. The maximum Gasteiger partial charge on any atom is 0.265 e. The summed E-state index contributed by atoms with van der Waals surface area (Å²) in [4.78, 5) is 137. The molecule has 9 heterocycles. The van der Waals surface area contributed by atoms with E-state index in [1.54, 1.807) is 93.6 Å². The van der Waals surface area contributed by atoms with Gasteiger partial charge < -0.3 is 56.4 Å². The molecule has 0 bridgehead atoms. The molecule has 460 valence electrons. The normalized spacial score (nSPS) is 16.1. The first-order valence-electron chi connectivity index (χ1n) is 28.5. The molecular formula is C60H61Cl3N12O10S3. The van der Waals surface area contributed by atoms with Crippen LogP contribution in [0, 0.1) is 0 Å². The Balaban J connectivity index is 0.000000146. The van der Waals surface area contributed by atoms with Crippen LogP contribution in [0.2, 0.25) is 13.0 Å². The molecule has 0 unspecified atom stereocenters. The summed E-state index contributed by atoms with van der Waals surface area (Å²) in [5.41, 5.74) is 4.43. The average molecular weight is 1310 g/mol. The molecule has 6 aromatic rings. The maximum absolute atomic E-state index is 12.9. The fraction of sp³-hybridized carbons (Fsp3) is 0.333. The molecule has 88 heavy (non-hydrogen) atoms. The summed E-state index contributed by atoms with van der Waals surface area (Å²) in [6.07, 6.45) is 0.672. The van der Waals surface area contributed by atoms with Crippen molar-refractivity contribution in [2.45, 2.75) is 32.4 Å². The van der Waals surface area contributed by atoms with Crippen LogP contribution in [0.5, 0.6) is 0 Å². The van der Waals surface area contributed by atoms with Crippen LogP contribution in [-0.4, -0.2) is 187 Å². The van der Waals surface area contributed by atoms with E-state index in [1.165, 1.54) is 22.7 Å². The highest BCUT2D eigenvalue weighted by molar-refractivity contribution is 7.18. The molecule has 6 N–H and O–H groups in total. The summed E-state index contributed by atoms with van der Waals surface area (Å²) in [7, 11) is 0. The lowest BCUT2D eigenvalue weighted by Crippen LogP contribution is -2.47. The lowest BCUT2D eigenvalue weighted by atomic mass is 10.1. The molecule has 0 spiro atoms. The zero-order valence-electron chi connectivity index (χ0n) is 47.4. The summed E-state index contributed by atoms with van der Waals surface area (Å²) in [5.74, 6) is -2.15. The van der Waals surface area contributed by atoms with E-state index >= 15 is 0 Å². The van der Waals surface area contributed by atoms with Crippen molar-refractivity contribution in [3.63, 3.8) is 0 Å². The first-order chi connectivity index (χ1) is 42.5. The van der Waals surface area contributed by atoms with Gasteiger partial charge >= 0.3 is 0 Å². The predicted octanol–water partition coefficient (Wildman–Crippen LogP) is 6.93. The number of amides is 10. The quantitative estimate of drug-likeness (QED) is 0.0571. The Kier molecular flexibility index (Phi) is 21.0. The Morgan fingerprint density at radius 2 is 0.818 bits per heavy atom. The van der Waals surface area contributed by atoms with Gasteiger partial charge in [-0.15, -0.1) is 34.0 Å². The van der Waals surface area contributed by atoms with Crippen LogP contribution < -0.4 is 31.9 Å². The van der Waals surface area contributed by atoms with E-state index in [0.717, 1.165) is 66.6 Å². The minimum absolute atomic E-state index is 0.00300. The van der Waals surface area contributed by atoms with Gasteiger partial charge in [-0.1, -0.05) is 59.1 Å². The van der Waals surface area contributed by atoms with Gasteiger partial charge in [0.25, 0.3) is 41.4 Å². The molecule has 10 amide bonds. The largest absolute Gasteiger partial charge is 0.340 e. The Labute approximate surface area is 533 Å². The number of carbonyl (C=O) groups excluding carboxylic acids is 10. The summed E-state index contributed by atoms with van der Waals surface area (Å²) >= 11 is 21.2. The van der Waals surface area contributed by atoms with Gasteiger partial charge in [-0.05, 0) is 72.3 Å². The lowest BCUT2D eigenvalue weighted by molar-refractivity contribution is -0.132. The third-order valence-electron chi connectivity index (χ3n) is 15.3. The first-order valence-corrected chi connectivity index (χ1v) is 32.1. The van der Waals surface area contributed by atoms with E-state index in [2.05, 4.69) is 31.9 Å². The van der Waals surface area contributed by atoms with Gasteiger partial charge in [-0.25, -0.2) is 0 Å². The van der Waals surface area contributed by atoms with E-state index in [0.29, 0.717) is 128 Å². The highest BCUT2D eigenvalue weighted by Crippen LogP contribution is 2.34. The van der Waals surface area contributed by atoms with Gasteiger partial charge in [0.2, 0.25) is 17.7 Å². The van der Waals surface area contributed by atoms with Crippen molar-refractivity contribution in [1.82, 2.24) is 45.3 Å². The number of hydrogen-bond donors (Lipinski definition) is 6. The second-order valence-electron chi connectivity index (χ2n) is 20.9. The molecule has 0 aliphatic carbocycles. The summed E-state index contributed by atoms with van der Waals surface area (Å²) < 4.78 is 1.55. The number of halogens is 3. The number of benzene rings is 3. The van der Waals surface area contributed by atoms with Crippen LogP contribution in [0.3, 0.4) is 0 Å².